The summed E-state index contributed by atoms with van der Waals surface area (Å²) in [5, 5.41) is 11.4. The number of amides is 1. The molecular formula is C22H20F4N4OS. The molecule has 1 aliphatic rings. The van der Waals surface area contributed by atoms with Crippen molar-refractivity contribution in [3.05, 3.63) is 75.5 Å². The molecule has 1 fully saturated rings. The largest absolute Gasteiger partial charge is 0.416 e. The van der Waals surface area contributed by atoms with E-state index in [2.05, 4.69) is 20.4 Å². The van der Waals surface area contributed by atoms with Crippen LogP contribution in [-0.4, -0.2) is 27.0 Å². The lowest BCUT2D eigenvalue weighted by Crippen LogP contribution is -2.29. The monoisotopic (exact) mass is 464 g/mol. The Morgan fingerprint density at radius 1 is 1.19 bits per heavy atom. The highest BCUT2D eigenvalue weighted by Gasteiger charge is 2.35. The van der Waals surface area contributed by atoms with Crippen LogP contribution < -0.4 is 5.32 Å². The highest BCUT2D eigenvalue weighted by Crippen LogP contribution is 2.37. The number of rotatable bonds is 7. The maximum Gasteiger partial charge on any atom is 0.416 e. The molecular weight excluding hydrogens is 444 g/mol. The second kappa shape index (κ2) is 8.95. The molecule has 1 amide bonds. The first-order valence-corrected chi connectivity index (χ1v) is 10.8. The maximum absolute atomic E-state index is 13.1. The first-order chi connectivity index (χ1) is 15.2. The van der Waals surface area contributed by atoms with Crippen LogP contribution in [0.15, 0.2) is 48.5 Å². The zero-order chi connectivity index (χ0) is 22.9. The number of aromatic nitrogens is 2. The Bertz CT molecular complexity index is 1100. The summed E-state index contributed by atoms with van der Waals surface area (Å²) in [6, 6.07) is 10.7. The van der Waals surface area contributed by atoms with E-state index in [1.54, 1.807) is 6.07 Å². The topological polar surface area (TPSA) is 58.1 Å². The Kier molecular flexibility index (Phi) is 6.25. The molecule has 0 aliphatic heterocycles. The number of hydrogen-bond acceptors (Lipinski definition) is 5. The standard InChI is InChI=1S/C22H20F4N4OS/c1-13(14-3-2-4-15(11-14)22(24,25)26)30(18-9-10-18)12-19-28-29-21(32-19)20(31)27-17-7-5-16(23)6-8-17/h2-8,11,13,18H,9-10,12H2,1H3,(H,27,31). The molecule has 0 saturated heterocycles. The summed E-state index contributed by atoms with van der Waals surface area (Å²) in [6.45, 7) is 2.25. The third kappa shape index (κ3) is 5.31. The quantitative estimate of drug-likeness (QED) is 0.458. The molecule has 0 spiro atoms. The van der Waals surface area contributed by atoms with Crippen molar-refractivity contribution in [2.45, 2.75) is 44.6 Å². The van der Waals surface area contributed by atoms with Crippen molar-refractivity contribution in [2.75, 3.05) is 5.32 Å². The second-order valence-corrected chi connectivity index (χ2v) is 8.73. The molecule has 0 radical (unpaired) electrons. The van der Waals surface area contributed by atoms with E-state index in [1.807, 2.05) is 6.92 Å². The molecule has 1 aliphatic carbocycles. The van der Waals surface area contributed by atoms with E-state index in [-0.39, 0.29) is 17.1 Å². The summed E-state index contributed by atoms with van der Waals surface area (Å²) in [5.41, 5.74) is 0.338. The number of carbonyl (C=O) groups is 1. The lowest BCUT2D eigenvalue weighted by Gasteiger charge is -2.29. The minimum atomic E-state index is -4.40. The van der Waals surface area contributed by atoms with Gasteiger partial charge < -0.3 is 5.32 Å². The molecule has 4 rings (SSSR count). The van der Waals surface area contributed by atoms with E-state index in [0.29, 0.717) is 22.8 Å². The van der Waals surface area contributed by atoms with Crippen LogP contribution in [0.5, 0.6) is 0 Å². The Morgan fingerprint density at radius 3 is 2.56 bits per heavy atom. The van der Waals surface area contributed by atoms with Gasteiger partial charge in [0.15, 0.2) is 0 Å². The van der Waals surface area contributed by atoms with E-state index in [0.717, 1.165) is 30.2 Å². The molecule has 10 heteroatoms. The summed E-state index contributed by atoms with van der Waals surface area (Å²) in [4.78, 5) is 14.5. The van der Waals surface area contributed by atoms with Gasteiger partial charge in [-0.1, -0.05) is 23.5 Å². The van der Waals surface area contributed by atoms with Crippen molar-refractivity contribution in [1.82, 2.24) is 15.1 Å². The molecule has 1 saturated carbocycles. The fraction of sp³-hybridized carbons (Fsp3) is 0.318. The van der Waals surface area contributed by atoms with Gasteiger partial charge in [-0.15, -0.1) is 10.2 Å². The number of nitrogens with zero attached hydrogens (tertiary/aromatic N) is 3. The molecule has 1 atom stereocenters. The fourth-order valence-electron chi connectivity index (χ4n) is 3.44. The summed E-state index contributed by atoms with van der Waals surface area (Å²) in [7, 11) is 0. The van der Waals surface area contributed by atoms with Crippen LogP contribution in [-0.2, 0) is 12.7 Å². The molecule has 1 unspecified atom stereocenters. The van der Waals surface area contributed by atoms with Crippen molar-refractivity contribution in [3.63, 3.8) is 0 Å². The van der Waals surface area contributed by atoms with Crippen LogP contribution >= 0.6 is 11.3 Å². The molecule has 1 N–H and O–H groups in total. The van der Waals surface area contributed by atoms with Gasteiger partial charge in [0.25, 0.3) is 5.91 Å². The normalized spacial score (nSPS) is 15.1. The van der Waals surface area contributed by atoms with Crippen molar-refractivity contribution >= 4 is 22.9 Å². The Labute approximate surface area is 186 Å². The van der Waals surface area contributed by atoms with Crippen molar-refractivity contribution < 1.29 is 22.4 Å². The van der Waals surface area contributed by atoms with E-state index in [1.165, 1.54) is 36.4 Å². The minimum Gasteiger partial charge on any atom is -0.320 e. The highest BCUT2D eigenvalue weighted by molar-refractivity contribution is 7.13. The molecule has 1 aromatic heterocycles. The van der Waals surface area contributed by atoms with E-state index >= 15 is 0 Å². The Morgan fingerprint density at radius 2 is 1.91 bits per heavy atom. The molecule has 32 heavy (non-hydrogen) atoms. The lowest BCUT2D eigenvalue weighted by molar-refractivity contribution is -0.137. The SMILES string of the molecule is CC(c1cccc(C(F)(F)F)c1)N(Cc1nnc(C(=O)Nc2ccc(F)cc2)s1)C1CC1. The number of alkyl halides is 3. The molecule has 5 nitrogen and oxygen atoms in total. The number of nitrogens with one attached hydrogen (secondary N) is 1. The lowest BCUT2D eigenvalue weighted by atomic mass is 10.0. The van der Waals surface area contributed by atoms with Gasteiger partial charge in [-0.2, -0.15) is 13.2 Å². The number of carbonyl (C=O) groups excluding carboxylic acids is 1. The van der Waals surface area contributed by atoms with Gasteiger partial charge in [0.1, 0.15) is 10.8 Å². The summed E-state index contributed by atoms with van der Waals surface area (Å²) >= 11 is 1.13. The summed E-state index contributed by atoms with van der Waals surface area (Å²) in [5.74, 6) is -0.861. The summed E-state index contributed by atoms with van der Waals surface area (Å²) < 4.78 is 52.4. The van der Waals surface area contributed by atoms with Crippen LogP contribution in [0.3, 0.4) is 0 Å². The second-order valence-electron chi connectivity index (χ2n) is 7.66. The van der Waals surface area contributed by atoms with Gasteiger partial charge in [-0.05, 0) is 61.7 Å². The molecule has 168 valence electrons. The van der Waals surface area contributed by atoms with Crippen LogP contribution in [0, 0.1) is 5.82 Å². The first-order valence-electron chi connectivity index (χ1n) is 10.0. The van der Waals surface area contributed by atoms with E-state index in [9.17, 15) is 22.4 Å². The molecule has 3 aromatic rings. The van der Waals surface area contributed by atoms with Gasteiger partial charge in [-0.3, -0.25) is 9.69 Å². The van der Waals surface area contributed by atoms with Crippen LogP contribution in [0.25, 0.3) is 0 Å². The van der Waals surface area contributed by atoms with Crippen LogP contribution in [0.2, 0.25) is 0 Å². The van der Waals surface area contributed by atoms with Crippen molar-refractivity contribution in [3.8, 4) is 0 Å². The minimum absolute atomic E-state index is 0.159. The third-order valence-corrected chi connectivity index (χ3v) is 6.20. The van der Waals surface area contributed by atoms with Gasteiger partial charge in [0.2, 0.25) is 5.01 Å². The number of anilines is 1. The maximum atomic E-state index is 13.1. The van der Waals surface area contributed by atoms with E-state index in [4.69, 9.17) is 0 Å². The van der Waals surface area contributed by atoms with Gasteiger partial charge in [0, 0.05) is 17.8 Å². The predicted molar refractivity (Wildman–Crippen MR) is 113 cm³/mol. The van der Waals surface area contributed by atoms with Gasteiger partial charge in [0.05, 0.1) is 12.1 Å². The van der Waals surface area contributed by atoms with Crippen LogP contribution in [0.4, 0.5) is 23.2 Å². The Balaban J connectivity index is 1.47. The average Bonchev–Trinajstić information content (AvgIpc) is 3.50. The zero-order valence-electron chi connectivity index (χ0n) is 17.1. The average molecular weight is 464 g/mol. The molecule has 1 heterocycles. The highest BCUT2D eigenvalue weighted by atomic mass is 32.1. The molecule has 0 bridgehead atoms. The van der Waals surface area contributed by atoms with Crippen molar-refractivity contribution in [2.24, 2.45) is 0 Å². The summed E-state index contributed by atoms with van der Waals surface area (Å²) in [6.07, 6.45) is -2.48. The number of benzene rings is 2. The van der Waals surface area contributed by atoms with Crippen LogP contribution in [0.1, 0.15) is 51.7 Å². The predicted octanol–water partition coefficient (Wildman–Crippen LogP) is 5.67. The number of halogens is 4. The third-order valence-electron chi connectivity index (χ3n) is 5.29. The smallest absolute Gasteiger partial charge is 0.320 e. The van der Waals surface area contributed by atoms with E-state index < -0.39 is 23.5 Å². The number of hydrogen-bond donors (Lipinski definition) is 1. The first kappa shape index (κ1) is 22.3. The van der Waals surface area contributed by atoms with Gasteiger partial charge in [-0.25, -0.2) is 4.39 Å². The fourth-order valence-corrected chi connectivity index (χ4v) is 4.18. The van der Waals surface area contributed by atoms with Gasteiger partial charge >= 0.3 is 6.18 Å². The molecule has 2 aromatic carbocycles. The zero-order valence-corrected chi connectivity index (χ0v) is 17.9. The van der Waals surface area contributed by atoms with Crippen molar-refractivity contribution in [1.29, 1.82) is 0 Å². The Hall–Kier alpha value is -2.85.